The van der Waals surface area contributed by atoms with Crippen LogP contribution >= 0.6 is 11.6 Å². The lowest BCUT2D eigenvalue weighted by molar-refractivity contribution is -0.000744. The molecule has 4 heteroatoms. The quantitative estimate of drug-likeness (QED) is 0.738. The van der Waals surface area contributed by atoms with Crippen molar-refractivity contribution in [1.82, 2.24) is 0 Å². The van der Waals surface area contributed by atoms with E-state index in [-0.39, 0.29) is 0 Å². The predicted molar refractivity (Wildman–Crippen MR) is 76.9 cm³/mol. The van der Waals surface area contributed by atoms with Crippen LogP contribution in [0.15, 0.2) is 18.2 Å². The Bertz CT molecular complexity index is 404. The van der Waals surface area contributed by atoms with Gasteiger partial charge in [0.15, 0.2) is 0 Å². The van der Waals surface area contributed by atoms with Crippen molar-refractivity contribution in [2.24, 2.45) is 5.92 Å². The van der Waals surface area contributed by atoms with Crippen LogP contribution in [0.3, 0.4) is 0 Å². The van der Waals surface area contributed by atoms with Crippen LogP contribution in [0.4, 0.5) is 11.4 Å². The van der Waals surface area contributed by atoms with E-state index in [1.54, 1.807) is 6.07 Å². The second-order valence-corrected chi connectivity index (χ2v) is 5.89. The van der Waals surface area contributed by atoms with Crippen LogP contribution in [0.5, 0.6) is 0 Å². The molecular weight excluding hydrogens is 248 g/mol. The molecule has 2 atom stereocenters. The van der Waals surface area contributed by atoms with Gasteiger partial charge in [-0.2, -0.15) is 0 Å². The van der Waals surface area contributed by atoms with Crippen molar-refractivity contribution in [3.8, 4) is 0 Å². The Balaban J connectivity index is 2.02. The van der Waals surface area contributed by atoms with Gasteiger partial charge in [-0.05, 0) is 30.9 Å². The Morgan fingerprint density at radius 1 is 1.56 bits per heavy atom. The number of benzene rings is 1. The topological polar surface area (TPSA) is 58.3 Å². The Morgan fingerprint density at radius 3 is 3.00 bits per heavy atom. The summed E-state index contributed by atoms with van der Waals surface area (Å²) < 4.78 is 0. The molecule has 0 radical (unpaired) electrons. The van der Waals surface area contributed by atoms with Crippen LogP contribution in [0.2, 0.25) is 5.02 Å². The number of rotatable bonds is 3. The minimum Gasteiger partial charge on any atom is -0.397 e. The maximum Gasteiger partial charge on any atom is 0.0821 e. The van der Waals surface area contributed by atoms with Gasteiger partial charge in [0.1, 0.15) is 0 Å². The Morgan fingerprint density at radius 2 is 2.33 bits per heavy atom. The van der Waals surface area contributed by atoms with E-state index in [2.05, 4.69) is 12.2 Å². The number of para-hydroxylation sites is 1. The highest BCUT2D eigenvalue weighted by Gasteiger charge is 2.32. The molecule has 2 rings (SSSR count). The van der Waals surface area contributed by atoms with Crippen LogP contribution < -0.4 is 11.1 Å². The zero-order valence-corrected chi connectivity index (χ0v) is 11.5. The SMILES string of the molecule is CC1CCCC(O)(CNc2c(N)cccc2Cl)C1. The summed E-state index contributed by atoms with van der Waals surface area (Å²) in [5, 5.41) is 14.3. The van der Waals surface area contributed by atoms with Crippen molar-refractivity contribution in [2.75, 3.05) is 17.6 Å². The molecule has 1 aromatic carbocycles. The first-order valence-electron chi connectivity index (χ1n) is 6.50. The zero-order chi connectivity index (χ0) is 13.2. The molecule has 2 unspecified atom stereocenters. The van der Waals surface area contributed by atoms with Gasteiger partial charge in [0.2, 0.25) is 0 Å². The minimum atomic E-state index is -0.636. The summed E-state index contributed by atoms with van der Waals surface area (Å²) in [5.41, 5.74) is 6.59. The maximum absolute atomic E-state index is 10.5. The van der Waals surface area contributed by atoms with E-state index >= 15 is 0 Å². The highest BCUT2D eigenvalue weighted by atomic mass is 35.5. The number of hydrogen-bond acceptors (Lipinski definition) is 3. The molecule has 0 spiro atoms. The van der Waals surface area contributed by atoms with Gasteiger partial charge >= 0.3 is 0 Å². The fourth-order valence-electron chi connectivity index (χ4n) is 2.77. The van der Waals surface area contributed by atoms with Gasteiger partial charge in [0.05, 0.1) is 22.0 Å². The second-order valence-electron chi connectivity index (χ2n) is 5.48. The first-order chi connectivity index (χ1) is 8.50. The summed E-state index contributed by atoms with van der Waals surface area (Å²) in [6, 6.07) is 5.43. The smallest absolute Gasteiger partial charge is 0.0821 e. The minimum absolute atomic E-state index is 0.505. The van der Waals surface area contributed by atoms with E-state index in [1.165, 1.54) is 6.42 Å². The molecule has 0 saturated heterocycles. The Labute approximate surface area is 113 Å². The fourth-order valence-corrected chi connectivity index (χ4v) is 3.02. The zero-order valence-electron chi connectivity index (χ0n) is 10.7. The molecule has 100 valence electrons. The number of nitrogen functional groups attached to an aromatic ring is 1. The lowest BCUT2D eigenvalue weighted by Gasteiger charge is -2.36. The van der Waals surface area contributed by atoms with Gasteiger partial charge in [-0.15, -0.1) is 0 Å². The van der Waals surface area contributed by atoms with Gasteiger partial charge in [-0.1, -0.05) is 37.4 Å². The Kier molecular flexibility index (Phi) is 4.03. The van der Waals surface area contributed by atoms with Crippen molar-refractivity contribution in [2.45, 2.75) is 38.2 Å². The van der Waals surface area contributed by atoms with E-state index in [9.17, 15) is 5.11 Å². The molecule has 1 aliphatic carbocycles. The standard InChI is InChI=1S/C14H21ClN2O/c1-10-4-3-7-14(18,8-10)9-17-13-11(15)5-2-6-12(13)16/h2,5-6,10,17-18H,3-4,7-9,16H2,1H3. The first kappa shape index (κ1) is 13.5. The van der Waals surface area contributed by atoms with Gasteiger partial charge in [0.25, 0.3) is 0 Å². The third kappa shape index (κ3) is 3.09. The molecule has 0 bridgehead atoms. The van der Waals surface area contributed by atoms with Crippen LogP contribution in [0, 0.1) is 5.92 Å². The van der Waals surface area contributed by atoms with E-state index in [4.69, 9.17) is 17.3 Å². The molecule has 0 aromatic heterocycles. The molecule has 1 saturated carbocycles. The highest BCUT2D eigenvalue weighted by molar-refractivity contribution is 6.33. The van der Waals surface area contributed by atoms with Crippen molar-refractivity contribution < 1.29 is 5.11 Å². The summed E-state index contributed by atoms with van der Waals surface area (Å²) in [4.78, 5) is 0. The molecule has 3 nitrogen and oxygen atoms in total. The lowest BCUT2D eigenvalue weighted by atomic mass is 9.79. The van der Waals surface area contributed by atoms with Crippen molar-refractivity contribution >= 4 is 23.0 Å². The van der Waals surface area contributed by atoms with E-state index in [1.807, 2.05) is 12.1 Å². The van der Waals surface area contributed by atoms with Gasteiger partial charge in [-0.3, -0.25) is 0 Å². The molecule has 18 heavy (non-hydrogen) atoms. The van der Waals surface area contributed by atoms with Gasteiger partial charge in [0, 0.05) is 6.54 Å². The molecule has 1 fully saturated rings. The fraction of sp³-hybridized carbons (Fsp3) is 0.571. The highest BCUT2D eigenvalue weighted by Crippen LogP contribution is 2.34. The molecule has 1 aromatic rings. The molecule has 0 amide bonds. The Hall–Kier alpha value is -0.930. The summed E-state index contributed by atoms with van der Waals surface area (Å²) in [7, 11) is 0. The molecule has 4 N–H and O–H groups in total. The normalized spacial score (nSPS) is 28.1. The molecule has 1 aliphatic rings. The van der Waals surface area contributed by atoms with Crippen molar-refractivity contribution in [1.29, 1.82) is 0 Å². The summed E-state index contributed by atoms with van der Waals surface area (Å²) >= 11 is 6.10. The summed E-state index contributed by atoms with van der Waals surface area (Å²) in [5.74, 6) is 0.578. The molecule has 0 aliphatic heterocycles. The van der Waals surface area contributed by atoms with Gasteiger partial charge in [-0.25, -0.2) is 0 Å². The number of nitrogens with one attached hydrogen (secondary N) is 1. The van der Waals surface area contributed by atoms with Gasteiger partial charge < -0.3 is 16.2 Å². The predicted octanol–water partition coefficient (Wildman–Crippen LogP) is 3.28. The summed E-state index contributed by atoms with van der Waals surface area (Å²) in [6.45, 7) is 2.69. The van der Waals surface area contributed by atoms with Crippen molar-refractivity contribution in [3.05, 3.63) is 23.2 Å². The summed E-state index contributed by atoms with van der Waals surface area (Å²) in [6.07, 6.45) is 3.97. The number of nitrogens with two attached hydrogens (primary N) is 1. The van der Waals surface area contributed by atoms with Crippen molar-refractivity contribution in [3.63, 3.8) is 0 Å². The number of anilines is 2. The van der Waals surface area contributed by atoms with Crippen LogP contribution in [0.1, 0.15) is 32.6 Å². The number of hydrogen-bond donors (Lipinski definition) is 3. The first-order valence-corrected chi connectivity index (χ1v) is 6.88. The number of aliphatic hydroxyl groups is 1. The van der Waals surface area contributed by atoms with Crippen LogP contribution in [-0.4, -0.2) is 17.3 Å². The molecular formula is C14H21ClN2O. The maximum atomic E-state index is 10.5. The molecule has 0 heterocycles. The average Bonchev–Trinajstić information content (AvgIpc) is 2.28. The number of halogens is 1. The second kappa shape index (κ2) is 5.37. The lowest BCUT2D eigenvalue weighted by Crippen LogP contribution is -2.41. The average molecular weight is 269 g/mol. The largest absolute Gasteiger partial charge is 0.397 e. The third-order valence-electron chi connectivity index (χ3n) is 3.71. The van der Waals surface area contributed by atoms with E-state index in [0.717, 1.165) is 24.9 Å². The third-order valence-corrected chi connectivity index (χ3v) is 4.02. The van der Waals surface area contributed by atoms with Crippen LogP contribution in [0.25, 0.3) is 0 Å². The monoisotopic (exact) mass is 268 g/mol. The van der Waals surface area contributed by atoms with E-state index in [0.29, 0.717) is 23.2 Å². The van der Waals surface area contributed by atoms with E-state index < -0.39 is 5.60 Å². The van der Waals surface area contributed by atoms with Crippen LogP contribution in [-0.2, 0) is 0 Å².